The fraction of sp³-hybridized carbons (Fsp3) is 0.455. The number of sulfonamides is 1. The number of aliphatic hydroxyl groups excluding tert-OH is 1. The van der Waals surface area contributed by atoms with Crippen molar-refractivity contribution in [1.82, 2.24) is 0 Å². The highest BCUT2D eigenvalue weighted by molar-refractivity contribution is 7.89. The maximum Gasteiger partial charge on any atom is 0.240 e. The predicted octanol–water partition coefficient (Wildman–Crippen LogP) is 0.125. The summed E-state index contributed by atoms with van der Waals surface area (Å²) in [4.78, 5) is 1.75. The first kappa shape index (κ1) is 14.7. The Morgan fingerprint density at radius 2 is 2.00 bits per heavy atom. The fourth-order valence-corrected chi connectivity index (χ4v) is 2.48. The second kappa shape index (κ2) is 6.03. The van der Waals surface area contributed by atoms with E-state index in [9.17, 15) is 8.42 Å². The van der Waals surface area contributed by atoms with E-state index >= 15 is 0 Å². The lowest BCUT2D eigenvalue weighted by molar-refractivity contribution is 0.302. The van der Waals surface area contributed by atoms with Gasteiger partial charge in [-0.25, -0.2) is 13.6 Å². The van der Waals surface area contributed by atoms with Crippen LogP contribution in [0, 0.1) is 0 Å². The third-order valence-corrected chi connectivity index (χ3v) is 3.52. The Morgan fingerprint density at radius 1 is 1.33 bits per heavy atom. The van der Waals surface area contributed by atoms with Crippen molar-refractivity contribution in [2.75, 3.05) is 30.3 Å². The number of benzene rings is 1. The second-order valence-electron chi connectivity index (χ2n) is 3.94. The Morgan fingerprint density at radius 3 is 2.50 bits per heavy atom. The molecule has 0 bridgehead atoms. The summed E-state index contributed by atoms with van der Waals surface area (Å²) in [6.07, 6.45) is 0.860. The number of hydrogen-bond acceptors (Lipinski definition) is 5. The molecule has 0 spiro atoms. The molecule has 5 N–H and O–H groups in total. The first-order valence-electron chi connectivity index (χ1n) is 5.69. The zero-order valence-corrected chi connectivity index (χ0v) is 11.2. The number of aliphatic hydroxyl groups is 1. The molecule has 6 nitrogen and oxygen atoms in total. The summed E-state index contributed by atoms with van der Waals surface area (Å²) < 4.78 is 22.7. The number of rotatable bonds is 6. The molecule has 1 rings (SSSR count). The Hall–Kier alpha value is -1.31. The van der Waals surface area contributed by atoms with Crippen molar-refractivity contribution >= 4 is 21.4 Å². The maximum absolute atomic E-state index is 11.4. The van der Waals surface area contributed by atoms with Crippen LogP contribution >= 0.6 is 0 Å². The maximum atomic E-state index is 11.4. The zero-order valence-electron chi connectivity index (χ0n) is 10.3. The highest BCUT2D eigenvalue weighted by Crippen LogP contribution is 2.29. The number of primary sulfonamides is 1. The predicted molar refractivity (Wildman–Crippen MR) is 71.8 cm³/mol. The van der Waals surface area contributed by atoms with E-state index in [1.54, 1.807) is 12.1 Å². The van der Waals surface area contributed by atoms with E-state index < -0.39 is 10.0 Å². The van der Waals surface area contributed by atoms with Crippen molar-refractivity contribution in [3.63, 3.8) is 0 Å². The molecule has 0 atom stereocenters. The van der Waals surface area contributed by atoms with E-state index in [4.69, 9.17) is 16.0 Å². The van der Waals surface area contributed by atoms with Crippen LogP contribution < -0.4 is 15.8 Å². The molecule has 0 amide bonds. The van der Waals surface area contributed by atoms with Gasteiger partial charge in [-0.3, -0.25) is 0 Å². The van der Waals surface area contributed by atoms with E-state index in [2.05, 4.69) is 0 Å². The molecule has 0 aliphatic rings. The number of para-hydroxylation sites is 1. The highest BCUT2D eigenvalue weighted by Gasteiger charge is 2.17. The number of nitrogens with zero attached hydrogens (tertiary/aromatic N) is 1. The molecule has 1 aromatic carbocycles. The molecule has 0 aliphatic carbocycles. The van der Waals surface area contributed by atoms with Gasteiger partial charge in [0.2, 0.25) is 10.0 Å². The van der Waals surface area contributed by atoms with E-state index in [0.29, 0.717) is 18.8 Å². The van der Waals surface area contributed by atoms with Crippen LogP contribution in [0.4, 0.5) is 11.4 Å². The van der Waals surface area contributed by atoms with Gasteiger partial charge in [-0.15, -0.1) is 0 Å². The van der Waals surface area contributed by atoms with Gasteiger partial charge in [-0.05, 0) is 18.6 Å². The topological polar surface area (TPSA) is 110 Å². The molecule has 7 heteroatoms. The molecule has 0 unspecified atom stereocenters. The van der Waals surface area contributed by atoms with Crippen LogP contribution in [0.15, 0.2) is 23.1 Å². The lowest BCUT2D eigenvalue weighted by Crippen LogP contribution is -2.29. The highest BCUT2D eigenvalue weighted by atomic mass is 32.2. The lowest BCUT2D eigenvalue weighted by atomic mass is 10.2. The van der Waals surface area contributed by atoms with Gasteiger partial charge in [-0.1, -0.05) is 13.0 Å². The average Bonchev–Trinajstić information content (AvgIpc) is 2.27. The van der Waals surface area contributed by atoms with Gasteiger partial charge in [0.1, 0.15) is 4.90 Å². The smallest absolute Gasteiger partial charge is 0.240 e. The monoisotopic (exact) mass is 273 g/mol. The molecular weight excluding hydrogens is 254 g/mol. The average molecular weight is 273 g/mol. The Bertz CT molecular complexity index is 496. The van der Waals surface area contributed by atoms with Crippen molar-refractivity contribution in [2.45, 2.75) is 18.2 Å². The number of nitrogen functional groups attached to an aromatic ring is 1. The van der Waals surface area contributed by atoms with Crippen LogP contribution in [0.1, 0.15) is 13.3 Å². The molecule has 0 fully saturated rings. The first-order valence-corrected chi connectivity index (χ1v) is 7.23. The van der Waals surface area contributed by atoms with Gasteiger partial charge < -0.3 is 15.7 Å². The Kier molecular flexibility index (Phi) is 4.94. The molecule has 18 heavy (non-hydrogen) atoms. The SMILES string of the molecule is CCCN(CCO)c1cccc(S(N)(=O)=O)c1N. The van der Waals surface area contributed by atoms with Gasteiger partial charge in [0.25, 0.3) is 0 Å². The summed E-state index contributed by atoms with van der Waals surface area (Å²) in [5.41, 5.74) is 6.56. The first-order chi connectivity index (χ1) is 8.41. The lowest BCUT2D eigenvalue weighted by Gasteiger charge is -2.25. The summed E-state index contributed by atoms with van der Waals surface area (Å²) in [6.45, 7) is 3.04. The van der Waals surface area contributed by atoms with Gasteiger partial charge >= 0.3 is 0 Å². The van der Waals surface area contributed by atoms with Crippen LogP contribution in [0.3, 0.4) is 0 Å². The van der Waals surface area contributed by atoms with Crippen LogP contribution in [0.25, 0.3) is 0 Å². The fourth-order valence-electron chi connectivity index (χ4n) is 1.80. The third kappa shape index (κ3) is 3.34. The molecule has 0 radical (unpaired) electrons. The van der Waals surface area contributed by atoms with Gasteiger partial charge in [0, 0.05) is 13.1 Å². The second-order valence-corrected chi connectivity index (χ2v) is 5.47. The summed E-state index contributed by atoms with van der Waals surface area (Å²) in [6, 6.07) is 4.68. The Balaban J connectivity index is 3.24. The van der Waals surface area contributed by atoms with Crippen LogP contribution in [-0.4, -0.2) is 33.2 Å². The normalized spacial score (nSPS) is 11.5. The van der Waals surface area contributed by atoms with Crippen LogP contribution in [-0.2, 0) is 10.0 Å². The van der Waals surface area contributed by atoms with Gasteiger partial charge in [-0.2, -0.15) is 0 Å². The van der Waals surface area contributed by atoms with Crippen molar-refractivity contribution in [3.05, 3.63) is 18.2 Å². The molecule has 0 saturated heterocycles. The van der Waals surface area contributed by atoms with Gasteiger partial charge in [0.15, 0.2) is 0 Å². The number of nitrogens with two attached hydrogens (primary N) is 2. The van der Waals surface area contributed by atoms with Crippen molar-refractivity contribution in [2.24, 2.45) is 5.14 Å². The minimum atomic E-state index is -3.83. The van der Waals surface area contributed by atoms with E-state index in [0.717, 1.165) is 6.42 Å². The molecule has 102 valence electrons. The van der Waals surface area contributed by atoms with Crippen molar-refractivity contribution in [1.29, 1.82) is 0 Å². The largest absolute Gasteiger partial charge is 0.396 e. The number of hydrogen-bond donors (Lipinski definition) is 3. The molecule has 0 aromatic heterocycles. The quantitative estimate of drug-likeness (QED) is 0.638. The standard InChI is InChI=1S/C11H19N3O3S/c1-2-6-14(7-8-15)9-4-3-5-10(11(9)12)18(13,16)17/h3-5,15H,2,6-8,12H2,1H3,(H2,13,16,17). The minimum Gasteiger partial charge on any atom is -0.396 e. The van der Waals surface area contributed by atoms with Crippen molar-refractivity contribution < 1.29 is 13.5 Å². The summed E-state index contributed by atoms with van der Waals surface area (Å²) in [5, 5.41) is 14.1. The third-order valence-electron chi connectivity index (χ3n) is 2.55. The van der Waals surface area contributed by atoms with E-state index in [1.807, 2.05) is 11.8 Å². The molecule has 0 heterocycles. The van der Waals surface area contributed by atoms with Crippen molar-refractivity contribution in [3.8, 4) is 0 Å². The van der Waals surface area contributed by atoms with Gasteiger partial charge in [0.05, 0.1) is 18.0 Å². The minimum absolute atomic E-state index is 0.0287. The molecule has 1 aromatic rings. The van der Waals surface area contributed by atoms with E-state index in [-0.39, 0.29) is 17.2 Å². The van der Waals surface area contributed by atoms with E-state index in [1.165, 1.54) is 6.07 Å². The number of anilines is 2. The van der Waals surface area contributed by atoms with Crippen LogP contribution in [0.2, 0.25) is 0 Å². The van der Waals surface area contributed by atoms with Crippen LogP contribution in [0.5, 0.6) is 0 Å². The molecular formula is C11H19N3O3S. The molecule has 0 aliphatic heterocycles. The molecule has 0 saturated carbocycles. The zero-order chi connectivity index (χ0) is 13.8. The summed E-state index contributed by atoms with van der Waals surface area (Å²) in [7, 11) is -3.83. The summed E-state index contributed by atoms with van der Waals surface area (Å²) in [5.74, 6) is 0. The summed E-state index contributed by atoms with van der Waals surface area (Å²) >= 11 is 0. The Labute approximate surface area is 107 Å².